The molecule has 3 aliphatic rings. The molecule has 104 valence electrons. The highest BCUT2D eigenvalue weighted by Gasteiger charge is 2.46. The van der Waals surface area contributed by atoms with Crippen molar-refractivity contribution in [3.05, 3.63) is 0 Å². The minimum atomic E-state index is -0.0298. The molecule has 0 radical (unpaired) electrons. The van der Waals surface area contributed by atoms with E-state index in [9.17, 15) is 4.79 Å². The number of carbonyl (C=O) groups is 1. The molecule has 3 saturated heterocycles. The van der Waals surface area contributed by atoms with Crippen molar-refractivity contribution in [3.8, 4) is 0 Å². The van der Waals surface area contributed by atoms with Crippen LogP contribution in [0.3, 0.4) is 0 Å². The van der Waals surface area contributed by atoms with Gasteiger partial charge in [0.1, 0.15) is 39.3 Å². The zero-order valence-electron chi connectivity index (χ0n) is 12.2. The fraction of sp³-hybridized carbons (Fsp3) is 0.929. The van der Waals surface area contributed by atoms with Crippen molar-refractivity contribution in [2.45, 2.75) is 32.8 Å². The van der Waals surface area contributed by atoms with Gasteiger partial charge in [-0.2, -0.15) is 0 Å². The van der Waals surface area contributed by atoms with Gasteiger partial charge in [-0.3, -0.25) is 4.79 Å². The Balaban J connectivity index is 1.72. The first-order valence-electron chi connectivity index (χ1n) is 7.31. The van der Waals surface area contributed by atoms with Gasteiger partial charge in [-0.1, -0.05) is 0 Å². The lowest BCUT2D eigenvalue weighted by Gasteiger charge is -2.54. The van der Waals surface area contributed by atoms with Gasteiger partial charge in [-0.05, 0) is 13.8 Å². The maximum absolute atomic E-state index is 11.5. The maximum atomic E-state index is 11.5. The fourth-order valence-corrected chi connectivity index (χ4v) is 3.25. The highest BCUT2D eigenvalue weighted by molar-refractivity contribution is 5.69. The molecule has 0 aliphatic carbocycles. The van der Waals surface area contributed by atoms with Crippen LogP contribution >= 0.6 is 0 Å². The molecule has 0 spiro atoms. The number of esters is 1. The molecule has 0 N–H and O–H groups in total. The second kappa shape index (κ2) is 5.17. The Kier molecular flexibility index (Phi) is 3.97. The third kappa shape index (κ3) is 3.23. The lowest BCUT2D eigenvalue weighted by Crippen LogP contribution is -2.73. The van der Waals surface area contributed by atoms with Crippen LogP contribution in [-0.2, 0) is 9.53 Å². The van der Waals surface area contributed by atoms with Crippen LogP contribution in [-0.4, -0.2) is 73.9 Å². The Morgan fingerprint density at radius 1 is 1.11 bits per heavy atom. The highest BCUT2D eigenvalue weighted by atomic mass is 16.5. The molecule has 18 heavy (non-hydrogen) atoms. The number of hydrogen-bond acceptors (Lipinski definition) is 2. The van der Waals surface area contributed by atoms with Gasteiger partial charge in [-0.15, -0.1) is 0 Å². The summed E-state index contributed by atoms with van der Waals surface area (Å²) in [5.41, 5.74) is 0. The molecule has 4 heteroatoms. The van der Waals surface area contributed by atoms with Gasteiger partial charge in [0.25, 0.3) is 0 Å². The topological polar surface area (TPSA) is 26.3 Å². The Morgan fingerprint density at radius 2 is 1.67 bits per heavy atom. The van der Waals surface area contributed by atoms with Crippen molar-refractivity contribution in [3.63, 3.8) is 0 Å². The van der Waals surface area contributed by atoms with Gasteiger partial charge >= 0.3 is 5.97 Å². The number of piperazine rings is 3. The number of carbonyl (C=O) groups excluding carboxylic acids is 1. The largest absolute Gasteiger partial charge is 0.463 e. The second-order valence-corrected chi connectivity index (χ2v) is 6.67. The van der Waals surface area contributed by atoms with Crippen LogP contribution in [0.4, 0.5) is 0 Å². The second-order valence-electron chi connectivity index (χ2n) is 6.67. The molecule has 0 aromatic carbocycles. The first-order valence-corrected chi connectivity index (χ1v) is 7.31. The minimum Gasteiger partial charge on any atom is -0.463 e. The summed E-state index contributed by atoms with van der Waals surface area (Å²) in [6, 6.07) is 0. The number of fused-ring (bicyclic) bond motifs is 3. The first kappa shape index (κ1) is 13.8. The third-order valence-corrected chi connectivity index (χ3v) is 4.72. The van der Waals surface area contributed by atoms with Crippen LogP contribution in [0.25, 0.3) is 0 Å². The Labute approximate surface area is 111 Å². The van der Waals surface area contributed by atoms with E-state index >= 15 is 0 Å². The highest BCUT2D eigenvalue weighted by Crippen LogP contribution is 2.25. The van der Waals surface area contributed by atoms with E-state index in [-0.39, 0.29) is 12.1 Å². The molecule has 4 nitrogen and oxygen atoms in total. The van der Waals surface area contributed by atoms with Crippen molar-refractivity contribution < 1.29 is 18.5 Å². The summed E-state index contributed by atoms with van der Waals surface area (Å²) in [7, 11) is 2.38. The molecule has 2 bridgehead atoms. The average molecular weight is 256 g/mol. The summed E-state index contributed by atoms with van der Waals surface area (Å²) in [5, 5.41) is 0. The van der Waals surface area contributed by atoms with Gasteiger partial charge < -0.3 is 13.7 Å². The molecular formula is C14H28N2O2+2. The zero-order valence-corrected chi connectivity index (χ0v) is 12.2. The standard InChI is InChI=1S/C14H28N2O2/c1-13(2)18-14(17)5-4-6-16-10-7-15(3,8-11-16)9-12-16/h13H,4-12H2,1-3H3/q+2. The normalized spacial score (nSPS) is 34.9. The molecule has 0 atom stereocenters. The van der Waals surface area contributed by atoms with Gasteiger partial charge in [0.2, 0.25) is 0 Å². The molecule has 3 aliphatic heterocycles. The van der Waals surface area contributed by atoms with Gasteiger partial charge in [0.15, 0.2) is 0 Å². The van der Waals surface area contributed by atoms with Gasteiger partial charge in [0, 0.05) is 6.42 Å². The van der Waals surface area contributed by atoms with Gasteiger partial charge in [-0.25, -0.2) is 0 Å². The summed E-state index contributed by atoms with van der Waals surface area (Å²) in [5.74, 6) is -0.0298. The molecule has 0 unspecified atom stereocenters. The summed E-state index contributed by atoms with van der Waals surface area (Å²) in [6.07, 6.45) is 1.59. The lowest BCUT2D eigenvalue weighted by molar-refractivity contribution is -1.07. The van der Waals surface area contributed by atoms with Crippen LogP contribution in [0.1, 0.15) is 26.7 Å². The molecule has 3 fully saturated rings. The van der Waals surface area contributed by atoms with E-state index in [1.165, 1.54) is 48.2 Å². The molecule has 3 heterocycles. The van der Waals surface area contributed by atoms with E-state index < -0.39 is 0 Å². The number of quaternary nitrogens is 2. The number of ether oxygens (including phenoxy) is 1. The van der Waals surface area contributed by atoms with Crippen molar-refractivity contribution in [1.82, 2.24) is 0 Å². The molecular weight excluding hydrogens is 228 g/mol. The quantitative estimate of drug-likeness (QED) is 0.542. The van der Waals surface area contributed by atoms with Crippen LogP contribution in [0, 0.1) is 0 Å². The summed E-state index contributed by atoms with van der Waals surface area (Å²) in [4.78, 5) is 11.5. The summed E-state index contributed by atoms with van der Waals surface area (Å²) >= 11 is 0. The Morgan fingerprint density at radius 3 is 2.17 bits per heavy atom. The number of hydrogen-bond donors (Lipinski definition) is 0. The number of nitrogens with zero attached hydrogens (tertiary/aromatic N) is 2. The van der Waals surface area contributed by atoms with Crippen molar-refractivity contribution in [2.24, 2.45) is 0 Å². The zero-order chi connectivity index (χ0) is 13.2. The third-order valence-electron chi connectivity index (χ3n) is 4.72. The van der Waals surface area contributed by atoms with Crippen molar-refractivity contribution in [2.75, 3.05) is 52.9 Å². The average Bonchev–Trinajstić information content (AvgIpc) is 2.30. The molecule has 0 saturated carbocycles. The van der Waals surface area contributed by atoms with Crippen LogP contribution in [0.15, 0.2) is 0 Å². The molecule has 0 aromatic rings. The molecule has 3 rings (SSSR count). The van der Waals surface area contributed by atoms with Crippen LogP contribution < -0.4 is 0 Å². The predicted molar refractivity (Wildman–Crippen MR) is 71.0 cm³/mol. The lowest BCUT2D eigenvalue weighted by atomic mass is 10.1. The minimum absolute atomic E-state index is 0.0209. The summed E-state index contributed by atoms with van der Waals surface area (Å²) < 4.78 is 7.71. The fourth-order valence-electron chi connectivity index (χ4n) is 3.25. The molecule has 0 aromatic heterocycles. The van der Waals surface area contributed by atoms with Crippen molar-refractivity contribution in [1.29, 1.82) is 0 Å². The number of rotatable bonds is 5. The van der Waals surface area contributed by atoms with E-state index in [0.29, 0.717) is 6.42 Å². The summed E-state index contributed by atoms with van der Waals surface area (Å²) in [6.45, 7) is 12.8. The van der Waals surface area contributed by atoms with Crippen LogP contribution in [0.5, 0.6) is 0 Å². The smallest absolute Gasteiger partial charge is 0.306 e. The SMILES string of the molecule is CC(C)OC(=O)CCC[N+]12CC[N+](C)(CC1)CC2. The predicted octanol–water partition coefficient (Wildman–Crippen LogP) is 1.01. The maximum Gasteiger partial charge on any atom is 0.306 e. The van der Waals surface area contributed by atoms with E-state index in [4.69, 9.17) is 4.74 Å². The van der Waals surface area contributed by atoms with E-state index in [1.807, 2.05) is 13.8 Å². The van der Waals surface area contributed by atoms with Crippen LogP contribution in [0.2, 0.25) is 0 Å². The van der Waals surface area contributed by atoms with E-state index in [2.05, 4.69) is 7.05 Å². The monoisotopic (exact) mass is 256 g/mol. The Hall–Kier alpha value is -0.610. The van der Waals surface area contributed by atoms with Crippen molar-refractivity contribution >= 4 is 5.97 Å². The van der Waals surface area contributed by atoms with Gasteiger partial charge in [0.05, 0.1) is 26.1 Å². The Bertz CT molecular complexity index is 290. The van der Waals surface area contributed by atoms with E-state index in [0.717, 1.165) is 13.0 Å². The number of likely N-dealkylation sites (N-methyl/N-ethyl adjacent to an activating group) is 1. The first-order chi connectivity index (χ1) is 8.43. The van der Waals surface area contributed by atoms with E-state index in [1.54, 1.807) is 0 Å². The molecule has 0 amide bonds.